The zero-order valence-corrected chi connectivity index (χ0v) is 15.2. The van der Waals surface area contributed by atoms with E-state index >= 15 is 0 Å². The van der Waals surface area contributed by atoms with Crippen LogP contribution in [0.25, 0.3) is 11.3 Å². The normalized spacial score (nSPS) is 20.4. The Hall–Kier alpha value is -2.51. The predicted molar refractivity (Wildman–Crippen MR) is 101 cm³/mol. The smallest absolute Gasteiger partial charge is 0.253 e. The van der Waals surface area contributed by atoms with Gasteiger partial charge in [-0.05, 0) is 39.1 Å². The Morgan fingerprint density at radius 1 is 1.35 bits per heavy atom. The van der Waals surface area contributed by atoms with Gasteiger partial charge in [-0.1, -0.05) is 12.1 Å². The van der Waals surface area contributed by atoms with Crippen LogP contribution in [-0.4, -0.2) is 70.1 Å². The van der Waals surface area contributed by atoms with Crippen molar-refractivity contribution in [3.05, 3.63) is 42.2 Å². The predicted octanol–water partition coefficient (Wildman–Crippen LogP) is 1.25. The molecule has 1 aliphatic rings. The summed E-state index contributed by atoms with van der Waals surface area (Å²) in [4.78, 5) is 25.0. The van der Waals surface area contributed by atoms with Crippen molar-refractivity contribution in [2.75, 3.05) is 39.5 Å². The van der Waals surface area contributed by atoms with Gasteiger partial charge in [0.15, 0.2) is 0 Å². The van der Waals surface area contributed by atoms with E-state index in [2.05, 4.69) is 9.97 Å². The van der Waals surface area contributed by atoms with Crippen LogP contribution in [0, 0.1) is 0 Å². The molecule has 0 bridgehead atoms. The number of carbonyl (C=O) groups is 1. The van der Waals surface area contributed by atoms with Gasteiger partial charge in [0.1, 0.15) is 5.82 Å². The van der Waals surface area contributed by atoms with Crippen LogP contribution in [-0.2, 0) is 0 Å². The number of carbonyl (C=O) groups excluding carboxylic acids is 1. The maximum absolute atomic E-state index is 13.0. The largest absolute Gasteiger partial charge is 0.387 e. The van der Waals surface area contributed by atoms with Gasteiger partial charge in [-0.2, -0.15) is 0 Å². The second-order valence-corrected chi connectivity index (χ2v) is 7.20. The number of hydrogen-bond donors (Lipinski definition) is 2. The van der Waals surface area contributed by atoms with Gasteiger partial charge in [-0.15, -0.1) is 0 Å². The second kappa shape index (κ2) is 7.39. The summed E-state index contributed by atoms with van der Waals surface area (Å²) in [6.07, 6.45) is 4.58. The molecule has 2 heterocycles. The van der Waals surface area contributed by atoms with E-state index < -0.39 is 5.60 Å². The summed E-state index contributed by atoms with van der Waals surface area (Å²) in [7, 11) is 3.85. The van der Waals surface area contributed by atoms with Crippen molar-refractivity contribution in [2.24, 2.45) is 0 Å². The molecule has 1 aliphatic heterocycles. The summed E-state index contributed by atoms with van der Waals surface area (Å²) in [5, 5.41) is 10.8. The Balaban J connectivity index is 1.79. The average Bonchev–Trinajstić information content (AvgIpc) is 2.61. The van der Waals surface area contributed by atoms with Crippen molar-refractivity contribution in [3.63, 3.8) is 0 Å². The Morgan fingerprint density at radius 3 is 2.85 bits per heavy atom. The maximum atomic E-state index is 13.0. The molecule has 7 heteroatoms. The molecule has 1 saturated heterocycles. The van der Waals surface area contributed by atoms with Crippen LogP contribution in [0.5, 0.6) is 0 Å². The molecule has 7 nitrogen and oxygen atoms in total. The number of rotatable bonds is 4. The van der Waals surface area contributed by atoms with Crippen LogP contribution < -0.4 is 5.73 Å². The van der Waals surface area contributed by atoms with Crippen LogP contribution in [0.4, 0.5) is 5.82 Å². The molecule has 0 saturated carbocycles. The number of nitrogens with two attached hydrogens (primary N) is 1. The van der Waals surface area contributed by atoms with Gasteiger partial charge in [-0.3, -0.25) is 9.78 Å². The topological polar surface area (TPSA) is 95.6 Å². The van der Waals surface area contributed by atoms with Gasteiger partial charge in [0, 0.05) is 24.2 Å². The van der Waals surface area contributed by atoms with E-state index in [1.807, 2.05) is 37.2 Å². The Morgan fingerprint density at radius 2 is 2.15 bits per heavy atom. The van der Waals surface area contributed by atoms with Crippen LogP contribution in [0.15, 0.2) is 36.7 Å². The molecule has 0 aliphatic carbocycles. The molecule has 26 heavy (non-hydrogen) atoms. The van der Waals surface area contributed by atoms with Crippen LogP contribution in [0.1, 0.15) is 23.2 Å². The van der Waals surface area contributed by atoms with E-state index in [0.29, 0.717) is 43.1 Å². The van der Waals surface area contributed by atoms with E-state index in [-0.39, 0.29) is 5.91 Å². The van der Waals surface area contributed by atoms with Crippen molar-refractivity contribution in [2.45, 2.75) is 18.4 Å². The third-order valence-electron chi connectivity index (χ3n) is 4.53. The van der Waals surface area contributed by atoms with E-state index in [4.69, 9.17) is 5.73 Å². The minimum Gasteiger partial charge on any atom is -0.387 e. The summed E-state index contributed by atoms with van der Waals surface area (Å²) >= 11 is 0. The highest BCUT2D eigenvalue weighted by molar-refractivity contribution is 5.95. The van der Waals surface area contributed by atoms with Crippen molar-refractivity contribution in [1.29, 1.82) is 0 Å². The van der Waals surface area contributed by atoms with Crippen molar-refractivity contribution in [3.8, 4) is 11.3 Å². The molecular weight excluding hydrogens is 330 g/mol. The first-order chi connectivity index (χ1) is 12.4. The highest BCUT2D eigenvalue weighted by Gasteiger charge is 2.35. The van der Waals surface area contributed by atoms with Gasteiger partial charge < -0.3 is 20.6 Å². The van der Waals surface area contributed by atoms with E-state index in [1.54, 1.807) is 17.2 Å². The summed E-state index contributed by atoms with van der Waals surface area (Å²) < 4.78 is 0. The van der Waals surface area contributed by atoms with Gasteiger partial charge in [0.25, 0.3) is 5.91 Å². The molecule has 1 amide bonds. The minimum atomic E-state index is -0.864. The first-order valence-corrected chi connectivity index (χ1v) is 8.71. The monoisotopic (exact) mass is 355 g/mol. The Bertz CT molecular complexity index is 778. The van der Waals surface area contributed by atoms with Crippen molar-refractivity contribution in [1.82, 2.24) is 19.8 Å². The quantitative estimate of drug-likeness (QED) is 0.857. The number of amides is 1. The molecular formula is C19H25N5O2. The maximum Gasteiger partial charge on any atom is 0.253 e. The second-order valence-electron chi connectivity index (χ2n) is 7.20. The average molecular weight is 355 g/mol. The summed E-state index contributed by atoms with van der Waals surface area (Å²) in [5.41, 5.74) is 6.77. The lowest BCUT2D eigenvalue weighted by molar-refractivity contribution is -0.0391. The SMILES string of the molecule is CN(C)CC1(O)CCCN(C(=O)c2cccc(-c3cnc(N)cn3)c2)C1. The number of nitrogen functional groups attached to an aromatic ring is 1. The summed E-state index contributed by atoms with van der Waals surface area (Å²) in [6.45, 7) is 1.54. The highest BCUT2D eigenvalue weighted by Crippen LogP contribution is 2.24. The minimum absolute atomic E-state index is 0.0767. The molecule has 1 unspecified atom stereocenters. The van der Waals surface area contributed by atoms with Crippen LogP contribution in [0.3, 0.4) is 0 Å². The lowest BCUT2D eigenvalue weighted by Gasteiger charge is -2.40. The first-order valence-electron chi connectivity index (χ1n) is 8.71. The number of anilines is 1. The molecule has 1 aromatic carbocycles. The number of benzene rings is 1. The van der Waals surface area contributed by atoms with Gasteiger partial charge in [0.2, 0.25) is 0 Å². The molecule has 2 aromatic rings. The van der Waals surface area contributed by atoms with E-state index in [9.17, 15) is 9.90 Å². The number of piperidine rings is 1. The number of likely N-dealkylation sites (N-methyl/N-ethyl adjacent to an activating group) is 1. The van der Waals surface area contributed by atoms with Crippen LogP contribution in [0.2, 0.25) is 0 Å². The Kier molecular flexibility index (Phi) is 5.20. The van der Waals surface area contributed by atoms with E-state index in [1.165, 1.54) is 6.20 Å². The number of nitrogens with zero attached hydrogens (tertiary/aromatic N) is 4. The van der Waals surface area contributed by atoms with Gasteiger partial charge in [0.05, 0.1) is 30.2 Å². The lowest BCUT2D eigenvalue weighted by atomic mass is 9.92. The molecule has 138 valence electrons. The number of hydrogen-bond acceptors (Lipinski definition) is 6. The zero-order valence-electron chi connectivity index (χ0n) is 15.2. The lowest BCUT2D eigenvalue weighted by Crippen LogP contribution is -2.54. The number of aromatic nitrogens is 2. The van der Waals surface area contributed by atoms with E-state index in [0.717, 1.165) is 12.0 Å². The fraction of sp³-hybridized carbons (Fsp3) is 0.421. The Labute approximate surface area is 153 Å². The molecule has 1 atom stereocenters. The third-order valence-corrected chi connectivity index (χ3v) is 4.53. The summed E-state index contributed by atoms with van der Waals surface area (Å²) in [6, 6.07) is 7.31. The number of β-amino-alcohol motifs (C(OH)–C–C–N with tert-alkyl or cyclic N) is 1. The van der Waals surface area contributed by atoms with Crippen molar-refractivity contribution >= 4 is 11.7 Å². The summed E-state index contributed by atoms with van der Waals surface area (Å²) in [5.74, 6) is 0.279. The standard InChI is InChI=1S/C19H25N5O2/c1-23(2)12-19(26)7-4-8-24(13-19)18(25)15-6-3-5-14(9-15)16-10-22-17(20)11-21-16/h3,5-6,9-11,26H,4,7-8,12-13H2,1-2H3,(H2,20,22). The highest BCUT2D eigenvalue weighted by atomic mass is 16.3. The van der Waals surface area contributed by atoms with Crippen LogP contribution >= 0.6 is 0 Å². The first kappa shape index (κ1) is 18.3. The number of aliphatic hydroxyl groups is 1. The third kappa shape index (κ3) is 4.17. The molecule has 3 N–H and O–H groups in total. The fourth-order valence-corrected chi connectivity index (χ4v) is 3.48. The molecule has 3 rings (SSSR count). The zero-order chi connectivity index (χ0) is 18.7. The molecule has 0 spiro atoms. The van der Waals surface area contributed by atoms with Gasteiger partial charge in [-0.25, -0.2) is 4.98 Å². The molecule has 1 aromatic heterocycles. The molecule has 0 radical (unpaired) electrons. The number of likely N-dealkylation sites (tertiary alicyclic amines) is 1. The fourth-order valence-electron chi connectivity index (χ4n) is 3.48. The van der Waals surface area contributed by atoms with Crippen molar-refractivity contribution < 1.29 is 9.90 Å². The molecule has 1 fully saturated rings. The van der Waals surface area contributed by atoms with Gasteiger partial charge >= 0.3 is 0 Å².